The molecule has 1 aromatic rings. The molecule has 1 N–H and O–H groups in total. The van der Waals surface area contributed by atoms with E-state index >= 15 is 0 Å². The van der Waals surface area contributed by atoms with E-state index in [9.17, 15) is 4.79 Å². The minimum atomic E-state index is -0.178. The first-order chi connectivity index (χ1) is 8.95. The van der Waals surface area contributed by atoms with E-state index in [4.69, 9.17) is 21.1 Å². The van der Waals surface area contributed by atoms with Gasteiger partial charge in [-0.05, 0) is 34.7 Å². The third-order valence-electron chi connectivity index (χ3n) is 3.06. The molecule has 0 aliphatic carbocycles. The summed E-state index contributed by atoms with van der Waals surface area (Å²) in [6.07, 6.45) is 0. The van der Waals surface area contributed by atoms with Gasteiger partial charge in [0.1, 0.15) is 5.75 Å². The van der Waals surface area contributed by atoms with Crippen molar-refractivity contribution in [2.24, 2.45) is 5.41 Å². The second kappa shape index (κ2) is 5.85. The Labute approximate surface area is 130 Å². The zero-order valence-electron chi connectivity index (χ0n) is 10.8. The average Bonchev–Trinajstić information content (AvgIpc) is 2.36. The summed E-state index contributed by atoms with van der Waals surface area (Å²) in [4.78, 5) is 12.2. The maximum absolute atomic E-state index is 12.2. The van der Waals surface area contributed by atoms with Gasteiger partial charge in [-0.3, -0.25) is 4.79 Å². The minimum Gasteiger partial charge on any atom is -0.496 e. The molecule has 6 heteroatoms. The van der Waals surface area contributed by atoms with Crippen molar-refractivity contribution in [1.82, 2.24) is 5.32 Å². The van der Waals surface area contributed by atoms with Crippen LogP contribution in [0.15, 0.2) is 12.1 Å². The number of benzene rings is 1. The fourth-order valence-corrected chi connectivity index (χ4v) is 2.42. The summed E-state index contributed by atoms with van der Waals surface area (Å²) in [5, 5.41) is 3.45. The van der Waals surface area contributed by atoms with Crippen LogP contribution in [0, 0.1) is 8.99 Å². The normalized spacial score (nSPS) is 16.6. The number of halogens is 2. The van der Waals surface area contributed by atoms with Crippen LogP contribution >= 0.6 is 34.2 Å². The highest BCUT2D eigenvalue weighted by atomic mass is 127. The average molecular weight is 396 g/mol. The Morgan fingerprint density at radius 1 is 1.58 bits per heavy atom. The standard InChI is InChI=1S/C13H15ClINO3/c1-13(6-19-7-13)5-16-12(17)8-3-9(14)10(15)4-11(8)18-2/h3-4H,5-7H2,1-2H3,(H,16,17). The van der Waals surface area contributed by atoms with Gasteiger partial charge in [0.2, 0.25) is 0 Å². The van der Waals surface area contributed by atoms with Crippen LogP contribution in [-0.4, -0.2) is 32.8 Å². The Kier molecular flexibility index (Phi) is 4.58. The van der Waals surface area contributed by atoms with Crippen molar-refractivity contribution in [3.05, 3.63) is 26.3 Å². The smallest absolute Gasteiger partial charge is 0.255 e. The van der Waals surface area contributed by atoms with E-state index in [1.165, 1.54) is 7.11 Å². The monoisotopic (exact) mass is 395 g/mol. The number of rotatable bonds is 4. The molecule has 0 unspecified atom stereocenters. The molecule has 1 aliphatic rings. The van der Waals surface area contributed by atoms with Crippen LogP contribution in [0.3, 0.4) is 0 Å². The Morgan fingerprint density at radius 2 is 2.26 bits per heavy atom. The van der Waals surface area contributed by atoms with Crippen LogP contribution in [0.1, 0.15) is 17.3 Å². The third kappa shape index (κ3) is 3.32. The summed E-state index contributed by atoms with van der Waals surface area (Å²) in [5.74, 6) is 0.351. The number of hydrogen-bond donors (Lipinski definition) is 1. The van der Waals surface area contributed by atoms with Gasteiger partial charge in [0.25, 0.3) is 5.91 Å². The molecule has 0 radical (unpaired) electrons. The molecule has 1 fully saturated rings. The highest BCUT2D eigenvalue weighted by Crippen LogP contribution is 2.29. The van der Waals surface area contributed by atoms with Gasteiger partial charge in [-0.1, -0.05) is 18.5 Å². The molecule has 1 saturated heterocycles. The summed E-state index contributed by atoms with van der Waals surface area (Å²) >= 11 is 8.15. The SMILES string of the molecule is COc1cc(I)c(Cl)cc1C(=O)NCC1(C)COC1. The Hall–Kier alpha value is -0.530. The summed E-state index contributed by atoms with van der Waals surface area (Å²) in [7, 11) is 1.54. The number of hydrogen-bond acceptors (Lipinski definition) is 3. The molecule has 1 amide bonds. The van der Waals surface area contributed by atoms with Gasteiger partial charge < -0.3 is 14.8 Å². The van der Waals surface area contributed by atoms with Crippen LogP contribution in [0.4, 0.5) is 0 Å². The molecule has 104 valence electrons. The van der Waals surface area contributed by atoms with E-state index < -0.39 is 0 Å². The molecule has 0 atom stereocenters. The van der Waals surface area contributed by atoms with Crippen LogP contribution in [0.5, 0.6) is 5.75 Å². The first kappa shape index (κ1) is 14.9. The highest BCUT2D eigenvalue weighted by Gasteiger charge is 2.33. The molecule has 19 heavy (non-hydrogen) atoms. The van der Waals surface area contributed by atoms with E-state index in [-0.39, 0.29) is 11.3 Å². The van der Waals surface area contributed by atoms with Crippen molar-refractivity contribution in [1.29, 1.82) is 0 Å². The van der Waals surface area contributed by atoms with Gasteiger partial charge in [-0.25, -0.2) is 0 Å². The molecular formula is C13H15ClINO3. The third-order valence-corrected chi connectivity index (χ3v) is 4.59. The topological polar surface area (TPSA) is 47.6 Å². The van der Waals surface area contributed by atoms with E-state index in [2.05, 4.69) is 34.8 Å². The van der Waals surface area contributed by atoms with Crippen LogP contribution in [0.25, 0.3) is 0 Å². The van der Waals surface area contributed by atoms with Crippen LogP contribution in [-0.2, 0) is 4.74 Å². The van der Waals surface area contributed by atoms with E-state index in [0.717, 1.165) is 3.57 Å². The molecule has 4 nitrogen and oxygen atoms in total. The van der Waals surface area contributed by atoms with Crippen molar-refractivity contribution in [3.8, 4) is 5.75 Å². The molecule has 0 bridgehead atoms. The van der Waals surface area contributed by atoms with Gasteiger partial charge in [0.15, 0.2) is 0 Å². The van der Waals surface area contributed by atoms with Crippen molar-refractivity contribution >= 4 is 40.1 Å². The second-order valence-corrected chi connectivity index (χ2v) is 6.52. The van der Waals surface area contributed by atoms with Gasteiger partial charge in [0, 0.05) is 15.5 Å². The minimum absolute atomic E-state index is 0.0376. The molecule has 0 saturated carbocycles. The molecule has 0 aromatic heterocycles. The molecule has 1 heterocycles. The van der Waals surface area contributed by atoms with Gasteiger partial charge in [-0.2, -0.15) is 0 Å². The van der Waals surface area contributed by atoms with Crippen molar-refractivity contribution in [2.75, 3.05) is 26.9 Å². The van der Waals surface area contributed by atoms with Crippen molar-refractivity contribution in [3.63, 3.8) is 0 Å². The lowest BCUT2D eigenvalue weighted by Crippen LogP contribution is -2.48. The lowest BCUT2D eigenvalue weighted by atomic mass is 9.88. The largest absolute Gasteiger partial charge is 0.496 e. The molecule has 1 aromatic carbocycles. The molecule has 0 spiro atoms. The zero-order chi connectivity index (χ0) is 14.0. The quantitative estimate of drug-likeness (QED) is 0.798. The lowest BCUT2D eigenvalue weighted by molar-refractivity contribution is -0.0978. The number of amides is 1. The number of carbonyl (C=O) groups is 1. The van der Waals surface area contributed by atoms with E-state index in [1.807, 2.05) is 0 Å². The first-order valence-corrected chi connectivity index (χ1v) is 7.30. The first-order valence-electron chi connectivity index (χ1n) is 5.84. The zero-order valence-corrected chi connectivity index (χ0v) is 13.7. The highest BCUT2D eigenvalue weighted by molar-refractivity contribution is 14.1. The van der Waals surface area contributed by atoms with Gasteiger partial charge >= 0.3 is 0 Å². The van der Waals surface area contributed by atoms with E-state index in [0.29, 0.717) is 36.1 Å². The summed E-state index contributed by atoms with van der Waals surface area (Å²) in [5.41, 5.74) is 0.493. The maximum Gasteiger partial charge on any atom is 0.255 e. The fraction of sp³-hybridized carbons (Fsp3) is 0.462. The Balaban J connectivity index is 2.11. The van der Waals surface area contributed by atoms with Crippen LogP contribution < -0.4 is 10.1 Å². The summed E-state index contributed by atoms with van der Waals surface area (Å²) < 4.78 is 11.2. The second-order valence-electron chi connectivity index (χ2n) is 4.95. The summed E-state index contributed by atoms with van der Waals surface area (Å²) in [6.45, 7) is 4.02. The number of ether oxygens (including phenoxy) is 2. The number of nitrogens with one attached hydrogen (secondary N) is 1. The maximum atomic E-state index is 12.2. The molecule has 2 rings (SSSR count). The van der Waals surface area contributed by atoms with Crippen molar-refractivity contribution in [2.45, 2.75) is 6.92 Å². The predicted octanol–water partition coefficient (Wildman–Crippen LogP) is 2.72. The van der Waals surface area contributed by atoms with E-state index in [1.54, 1.807) is 12.1 Å². The number of carbonyl (C=O) groups excluding carboxylic acids is 1. The Morgan fingerprint density at radius 3 is 2.79 bits per heavy atom. The van der Waals surface area contributed by atoms with Gasteiger partial charge in [-0.15, -0.1) is 0 Å². The molecule has 1 aliphatic heterocycles. The predicted molar refractivity (Wildman–Crippen MR) is 82.0 cm³/mol. The number of methoxy groups -OCH3 is 1. The summed E-state index contributed by atoms with van der Waals surface area (Å²) in [6, 6.07) is 3.39. The Bertz CT molecular complexity index is 503. The lowest BCUT2D eigenvalue weighted by Gasteiger charge is -2.38. The fourth-order valence-electron chi connectivity index (χ4n) is 1.82. The van der Waals surface area contributed by atoms with Crippen LogP contribution in [0.2, 0.25) is 5.02 Å². The van der Waals surface area contributed by atoms with Crippen molar-refractivity contribution < 1.29 is 14.3 Å². The van der Waals surface area contributed by atoms with Gasteiger partial charge in [0.05, 0.1) is 30.9 Å². The molecular weight excluding hydrogens is 381 g/mol.